The molecule has 5 heteroatoms. The van der Waals surface area contributed by atoms with Gasteiger partial charge in [-0.25, -0.2) is 4.79 Å². The molecule has 0 saturated heterocycles. The van der Waals surface area contributed by atoms with Crippen molar-refractivity contribution in [2.45, 2.75) is 77.5 Å². The summed E-state index contributed by atoms with van der Waals surface area (Å²) < 4.78 is 6.45. The molecule has 134 valence electrons. The molecule has 0 aromatic heterocycles. The lowest BCUT2D eigenvalue weighted by molar-refractivity contribution is 0.0492. The van der Waals surface area contributed by atoms with Crippen molar-refractivity contribution in [3.8, 4) is 0 Å². The molecule has 2 N–H and O–H groups in total. The Kier molecular flexibility index (Phi) is 6.55. The molecule has 1 aliphatic rings. The molecule has 4 nitrogen and oxygen atoms in total. The Hall–Kier alpha value is -1.23. The van der Waals surface area contributed by atoms with E-state index >= 15 is 0 Å². The fourth-order valence-electron chi connectivity index (χ4n) is 3.07. The van der Waals surface area contributed by atoms with Gasteiger partial charge in [0.1, 0.15) is 5.60 Å². The molecular formula is C19H29BrN2O2. The lowest BCUT2D eigenvalue weighted by Crippen LogP contribution is -2.42. The van der Waals surface area contributed by atoms with Gasteiger partial charge in [0.25, 0.3) is 0 Å². The molecule has 0 spiro atoms. The Morgan fingerprint density at radius 3 is 2.42 bits per heavy atom. The molecule has 1 amide bonds. The maximum absolute atomic E-state index is 11.9. The normalized spacial score (nSPS) is 21.2. The first-order chi connectivity index (χ1) is 11.3. The van der Waals surface area contributed by atoms with Crippen LogP contribution in [0.5, 0.6) is 0 Å². The molecule has 1 fully saturated rings. The van der Waals surface area contributed by atoms with Gasteiger partial charge in [0.05, 0.1) is 0 Å². The maximum atomic E-state index is 11.9. The molecule has 1 saturated carbocycles. The minimum absolute atomic E-state index is 0.216. The van der Waals surface area contributed by atoms with Gasteiger partial charge in [-0.1, -0.05) is 22.9 Å². The van der Waals surface area contributed by atoms with Gasteiger partial charge in [0.15, 0.2) is 0 Å². The van der Waals surface area contributed by atoms with E-state index in [0.717, 1.165) is 36.6 Å². The predicted octanol–water partition coefficient (Wildman–Crippen LogP) is 5.26. The molecular weight excluding hydrogens is 368 g/mol. The van der Waals surface area contributed by atoms with E-state index in [1.807, 2.05) is 20.8 Å². The number of alkyl carbamates (subject to hydrolysis) is 1. The Morgan fingerprint density at radius 2 is 1.83 bits per heavy atom. The van der Waals surface area contributed by atoms with Crippen molar-refractivity contribution < 1.29 is 9.53 Å². The van der Waals surface area contributed by atoms with E-state index in [-0.39, 0.29) is 12.1 Å². The van der Waals surface area contributed by atoms with Crippen LogP contribution in [0.2, 0.25) is 0 Å². The van der Waals surface area contributed by atoms with Gasteiger partial charge in [-0.05, 0) is 76.6 Å². The summed E-state index contributed by atoms with van der Waals surface area (Å²) >= 11 is 3.53. The van der Waals surface area contributed by atoms with E-state index in [2.05, 4.69) is 51.7 Å². The molecule has 24 heavy (non-hydrogen) atoms. The Labute approximate surface area is 153 Å². The molecule has 1 aromatic rings. The second-order valence-corrected chi connectivity index (χ2v) is 8.41. The Morgan fingerprint density at radius 1 is 1.21 bits per heavy atom. The summed E-state index contributed by atoms with van der Waals surface area (Å²) in [4.78, 5) is 11.9. The number of rotatable bonds is 4. The SMILES string of the molecule is CCc1cc(Br)ccc1NC1CCC(NC(=O)OC(C)(C)C)CC1. The summed E-state index contributed by atoms with van der Waals surface area (Å²) in [5, 5.41) is 6.67. The highest BCUT2D eigenvalue weighted by molar-refractivity contribution is 9.10. The molecule has 0 radical (unpaired) electrons. The van der Waals surface area contributed by atoms with Crippen LogP contribution < -0.4 is 10.6 Å². The largest absolute Gasteiger partial charge is 0.444 e. The number of anilines is 1. The van der Waals surface area contributed by atoms with Crippen molar-refractivity contribution in [2.75, 3.05) is 5.32 Å². The number of halogens is 1. The first-order valence-electron chi connectivity index (χ1n) is 8.81. The molecule has 0 bridgehead atoms. The van der Waals surface area contributed by atoms with Gasteiger partial charge in [0.2, 0.25) is 0 Å². The van der Waals surface area contributed by atoms with Crippen LogP contribution in [0.1, 0.15) is 58.9 Å². The van der Waals surface area contributed by atoms with Gasteiger partial charge < -0.3 is 15.4 Å². The second kappa shape index (κ2) is 8.24. The van der Waals surface area contributed by atoms with Gasteiger partial charge in [-0.3, -0.25) is 0 Å². The zero-order chi connectivity index (χ0) is 17.7. The number of ether oxygens (including phenoxy) is 1. The standard InChI is InChI=1S/C19H29BrN2O2/c1-5-13-12-14(20)6-11-17(13)21-15-7-9-16(10-8-15)22-18(23)24-19(2,3)4/h6,11-12,15-16,21H,5,7-10H2,1-4H3,(H,22,23). The van der Waals surface area contributed by atoms with Crippen molar-refractivity contribution in [2.24, 2.45) is 0 Å². The van der Waals surface area contributed by atoms with E-state index in [0.29, 0.717) is 6.04 Å². The summed E-state index contributed by atoms with van der Waals surface area (Å²) in [6.07, 6.45) is 4.78. The number of aryl methyl sites for hydroxylation is 1. The van der Waals surface area contributed by atoms with Crippen molar-refractivity contribution in [3.05, 3.63) is 28.2 Å². The number of amides is 1. The number of nitrogens with one attached hydrogen (secondary N) is 2. The average Bonchev–Trinajstić information content (AvgIpc) is 2.49. The van der Waals surface area contributed by atoms with Crippen LogP contribution in [0.25, 0.3) is 0 Å². The van der Waals surface area contributed by atoms with Crippen LogP contribution in [0.3, 0.4) is 0 Å². The van der Waals surface area contributed by atoms with Crippen LogP contribution >= 0.6 is 15.9 Å². The van der Waals surface area contributed by atoms with Gasteiger partial charge >= 0.3 is 6.09 Å². The van der Waals surface area contributed by atoms with Crippen LogP contribution in [0.15, 0.2) is 22.7 Å². The molecule has 0 aliphatic heterocycles. The van der Waals surface area contributed by atoms with E-state index in [1.165, 1.54) is 11.3 Å². The number of hydrogen-bond donors (Lipinski definition) is 2. The number of carbonyl (C=O) groups excluding carboxylic acids is 1. The van der Waals surface area contributed by atoms with E-state index in [9.17, 15) is 4.79 Å². The molecule has 2 rings (SSSR count). The Bertz CT molecular complexity index is 561. The molecule has 1 aliphatic carbocycles. The second-order valence-electron chi connectivity index (χ2n) is 7.49. The van der Waals surface area contributed by atoms with Crippen LogP contribution in [0, 0.1) is 0 Å². The first kappa shape index (κ1) is 19.1. The highest BCUT2D eigenvalue weighted by atomic mass is 79.9. The topological polar surface area (TPSA) is 50.4 Å². The monoisotopic (exact) mass is 396 g/mol. The van der Waals surface area contributed by atoms with Gasteiger partial charge in [-0.2, -0.15) is 0 Å². The lowest BCUT2D eigenvalue weighted by atomic mass is 9.91. The van der Waals surface area contributed by atoms with E-state index in [1.54, 1.807) is 0 Å². The fourth-order valence-corrected chi connectivity index (χ4v) is 3.48. The van der Waals surface area contributed by atoms with Crippen molar-refractivity contribution in [1.29, 1.82) is 0 Å². The average molecular weight is 397 g/mol. The van der Waals surface area contributed by atoms with Gasteiger partial charge in [0, 0.05) is 22.2 Å². The van der Waals surface area contributed by atoms with Gasteiger partial charge in [-0.15, -0.1) is 0 Å². The maximum Gasteiger partial charge on any atom is 0.407 e. The van der Waals surface area contributed by atoms with Crippen molar-refractivity contribution in [1.82, 2.24) is 5.32 Å². The van der Waals surface area contributed by atoms with Crippen molar-refractivity contribution in [3.63, 3.8) is 0 Å². The third-order valence-corrected chi connectivity index (χ3v) is 4.75. The summed E-state index contributed by atoms with van der Waals surface area (Å²) in [6.45, 7) is 7.83. The summed E-state index contributed by atoms with van der Waals surface area (Å²) in [7, 11) is 0. The van der Waals surface area contributed by atoms with E-state index < -0.39 is 5.60 Å². The first-order valence-corrected chi connectivity index (χ1v) is 9.60. The summed E-state index contributed by atoms with van der Waals surface area (Å²) in [5.74, 6) is 0. The van der Waals surface area contributed by atoms with Crippen molar-refractivity contribution >= 4 is 27.7 Å². The summed E-state index contributed by atoms with van der Waals surface area (Å²) in [5.41, 5.74) is 2.11. The lowest BCUT2D eigenvalue weighted by Gasteiger charge is -2.31. The third kappa shape index (κ3) is 6.00. The molecule has 0 heterocycles. The third-order valence-electron chi connectivity index (χ3n) is 4.26. The smallest absolute Gasteiger partial charge is 0.407 e. The zero-order valence-corrected chi connectivity index (χ0v) is 16.7. The highest BCUT2D eigenvalue weighted by Gasteiger charge is 2.25. The zero-order valence-electron chi connectivity index (χ0n) is 15.1. The quantitative estimate of drug-likeness (QED) is 0.729. The van der Waals surface area contributed by atoms with Crippen LogP contribution in [0.4, 0.5) is 10.5 Å². The Balaban J connectivity index is 1.82. The minimum Gasteiger partial charge on any atom is -0.444 e. The molecule has 0 atom stereocenters. The number of benzene rings is 1. The highest BCUT2D eigenvalue weighted by Crippen LogP contribution is 2.26. The molecule has 0 unspecified atom stereocenters. The fraction of sp³-hybridized carbons (Fsp3) is 0.632. The van der Waals surface area contributed by atoms with Crippen LogP contribution in [-0.2, 0) is 11.2 Å². The van der Waals surface area contributed by atoms with E-state index in [4.69, 9.17) is 4.74 Å². The van der Waals surface area contributed by atoms with Crippen LogP contribution in [-0.4, -0.2) is 23.8 Å². The minimum atomic E-state index is -0.443. The number of carbonyl (C=O) groups is 1. The predicted molar refractivity (Wildman–Crippen MR) is 103 cm³/mol. The molecule has 1 aromatic carbocycles. The number of hydrogen-bond acceptors (Lipinski definition) is 3. The summed E-state index contributed by atoms with van der Waals surface area (Å²) in [6, 6.07) is 7.09.